The summed E-state index contributed by atoms with van der Waals surface area (Å²) in [6.45, 7) is -0.858. The molecule has 0 aromatic rings. The Labute approximate surface area is 58.3 Å². The predicted molar refractivity (Wildman–Crippen MR) is 31.0 cm³/mol. The van der Waals surface area contributed by atoms with Gasteiger partial charge in [0, 0.05) is 22.6 Å². The molecule has 0 heterocycles. The number of hydrogen-bond acceptors (Lipinski definition) is 2. The Morgan fingerprint density at radius 3 is 2.38 bits per heavy atom. The van der Waals surface area contributed by atoms with E-state index in [1.807, 2.05) is 0 Å². The molecule has 5 heteroatoms. The van der Waals surface area contributed by atoms with E-state index in [1.54, 1.807) is 0 Å². The molecule has 0 unspecified atom stereocenters. The van der Waals surface area contributed by atoms with Crippen LogP contribution in [0.5, 0.6) is 0 Å². The number of hydrogen-bond donors (Lipinski definition) is 0. The average Bonchev–Trinajstić information content (AvgIpc) is 1.59. The van der Waals surface area contributed by atoms with Gasteiger partial charge in [0.25, 0.3) is 6.47 Å². The Morgan fingerprint density at radius 2 is 2.25 bits per heavy atom. The number of carbonyl (C=O) groups excluding carboxylic acids is 1. The lowest BCUT2D eigenvalue weighted by molar-refractivity contribution is -0.133. The van der Waals surface area contributed by atoms with Gasteiger partial charge >= 0.3 is 3.93 Å². The van der Waals surface area contributed by atoms with Crippen molar-refractivity contribution in [2.24, 2.45) is 0 Å². The highest BCUT2D eigenvalue weighted by molar-refractivity contribution is 14.1. The van der Waals surface area contributed by atoms with E-state index < -0.39 is 10.5 Å². The van der Waals surface area contributed by atoms with Gasteiger partial charge in [0.05, 0.1) is 0 Å². The normalized spacial score (nSPS) is 10.9. The van der Waals surface area contributed by atoms with Crippen LogP contribution in [0.1, 0.15) is 0 Å². The second-order valence-electron chi connectivity index (χ2n) is 1.02. The summed E-state index contributed by atoms with van der Waals surface area (Å²) < 4.78 is 24.1. The zero-order valence-corrected chi connectivity index (χ0v) is 5.89. The topological polar surface area (TPSA) is 26.3 Å². The Hall–Kier alpha value is 0.0600. The first-order valence-electron chi connectivity index (χ1n) is 1.68. The van der Waals surface area contributed by atoms with Crippen molar-refractivity contribution in [2.45, 2.75) is 3.93 Å². The second-order valence-corrected chi connectivity index (χ2v) is 2.60. The monoisotopic (exact) mass is 236 g/mol. The van der Waals surface area contributed by atoms with E-state index in [1.165, 1.54) is 0 Å². The van der Waals surface area contributed by atoms with Crippen LogP contribution in [0.3, 0.4) is 0 Å². The van der Waals surface area contributed by atoms with Gasteiger partial charge in [-0.25, -0.2) is 0 Å². The van der Waals surface area contributed by atoms with Crippen LogP contribution in [0, 0.1) is 0 Å². The van der Waals surface area contributed by atoms with Crippen LogP contribution in [0.2, 0.25) is 0 Å². The molecule has 0 saturated heterocycles. The molecule has 0 bridgehead atoms. The van der Waals surface area contributed by atoms with Gasteiger partial charge in [-0.2, -0.15) is 8.78 Å². The summed E-state index contributed by atoms with van der Waals surface area (Å²) in [5.41, 5.74) is 0. The molecule has 0 radical (unpaired) electrons. The molecule has 48 valence electrons. The number of alkyl halides is 3. The highest BCUT2D eigenvalue weighted by Crippen LogP contribution is 2.21. The molecule has 0 amide bonds. The van der Waals surface area contributed by atoms with Crippen LogP contribution >= 0.6 is 22.6 Å². The van der Waals surface area contributed by atoms with Gasteiger partial charge in [-0.3, -0.25) is 4.79 Å². The first kappa shape index (κ1) is 8.06. The van der Waals surface area contributed by atoms with Crippen LogP contribution in [0.4, 0.5) is 8.78 Å². The minimum atomic E-state index is -2.93. The maximum absolute atomic E-state index is 11.6. The summed E-state index contributed by atoms with van der Waals surface area (Å²) >= 11 is 0.883. The van der Waals surface area contributed by atoms with Crippen molar-refractivity contribution in [1.82, 2.24) is 0 Å². The third-order valence-electron chi connectivity index (χ3n) is 0.315. The molecule has 0 aliphatic heterocycles. The van der Waals surface area contributed by atoms with Crippen LogP contribution in [-0.2, 0) is 9.53 Å². The summed E-state index contributed by atoms with van der Waals surface area (Å²) in [6, 6.07) is 0. The van der Waals surface area contributed by atoms with Crippen LogP contribution in [0.15, 0.2) is 0 Å². The van der Waals surface area contributed by atoms with Crippen molar-refractivity contribution in [3.63, 3.8) is 0 Å². The molecule has 0 N–H and O–H groups in total. The van der Waals surface area contributed by atoms with E-state index in [0.29, 0.717) is 0 Å². The lowest BCUT2D eigenvalue weighted by Gasteiger charge is -2.03. The van der Waals surface area contributed by atoms with Crippen LogP contribution < -0.4 is 0 Å². The molecule has 0 aliphatic rings. The summed E-state index contributed by atoms with van der Waals surface area (Å²) in [5.74, 6) is 0. The summed E-state index contributed by atoms with van der Waals surface area (Å²) in [5, 5.41) is 0. The molecule has 0 spiro atoms. The lowest BCUT2D eigenvalue weighted by atomic mass is 10.8. The zero-order valence-electron chi connectivity index (χ0n) is 3.73. The first-order valence-corrected chi connectivity index (χ1v) is 2.76. The van der Waals surface area contributed by atoms with E-state index in [0.717, 1.165) is 22.6 Å². The Morgan fingerprint density at radius 1 is 1.75 bits per heavy atom. The van der Waals surface area contributed by atoms with Crippen LogP contribution in [-0.4, -0.2) is 17.0 Å². The Balaban J connectivity index is 3.24. The smallest absolute Gasteiger partial charge is 0.329 e. The van der Waals surface area contributed by atoms with Gasteiger partial charge in [-0.05, 0) is 0 Å². The standard InChI is InChI=1S/C3H3F2IO2/c4-3(5,6)1-8-2-7/h2H,1H2. The second kappa shape index (κ2) is 3.16. The Kier molecular flexibility index (Phi) is 3.18. The zero-order chi connectivity index (χ0) is 6.62. The number of carbonyl (C=O) groups is 1. The molecular formula is C3H3F2IO2. The van der Waals surface area contributed by atoms with Gasteiger partial charge in [0.2, 0.25) is 0 Å². The third kappa shape index (κ3) is 6.06. The quantitative estimate of drug-likeness (QED) is 0.418. The molecule has 8 heavy (non-hydrogen) atoms. The van der Waals surface area contributed by atoms with E-state index in [-0.39, 0.29) is 6.47 Å². The number of ether oxygens (including phenoxy) is 1. The van der Waals surface area contributed by atoms with Crippen molar-refractivity contribution in [3.8, 4) is 0 Å². The van der Waals surface area contributed by atoms with Gasteiger partial charge in [-0.15, -0.1) is 0 Å². The predicted octanol–water partition coefficient (Wildman–Crippen LogP) is 1.19. The van der Waals surface area contributed by atoms with Crippen molar-refractivity contribution >= 4 is 29.1 Å². The third-order valence-corrected chi connectivity index (χ3v) is 0.626. The van der Waals surface area contributed by atoms with Crippen molar-refractivity contribution in [3.05, 3.63) is 0 Å². The molecule has 0 aliphatic carbocycles. The molecule has 0 atom stereocenters. The van der Waals surface area contributed by atoms with Gasteiger partial charge in [0.15, 0.2) is 6.61 Å². The lowest BCUT2D eigenvalue weighted by Crippen LogP contribution is -2.13. The summed E-state index contributed by atoms with van der Waals surface area (Å²) in [7, 11) is 0. The highest BCUT2D eigenvalue weighted by Gasteiger charge is 2.23. The summed E-state index contributed by atoms with van der Waals surface area (Å²) in [6.07, 6.45) is 0. The molecule has 0 fully saturated rings. The highest BCUT2D eigenvalue weighted by atomic mass is 127. The van der Waals surface area contributed by atoms with Crippen molar-refractivity contribution in [1.29, 1.82) is 0 Å². The number of halogens is 3. The van der Waals surface area contributed by atoms with E-state index in [2.05, 4.69) is 4.74 Å². The molecule has 2 nitrogen and oxygen atoms in total. The van der Waals surface area contributed by atoms with Crippen LogP contribution in [0.25, 0.3) is 0 Å². The fourth-order valence-electron chi connectivity index (χ4n) is 0.129. The Bertz CT molecular complexity index is 79.8. The minimum absolute atomic E-state index is 0.00737. The molecule has 0 saturated carbocycles. The number of rotatable bonds is 3. The van der Waals surface area contributed by atoms with Crippen molar-refractivity contribution in [2.75, 3.05) is 6.61 Å². The van der Waals surface area contributed by atoms with Gasteiger partial charge < -0.3 is 4.74 Å². The SMILES string of the molecule is O=COCC(F)(F)I. The molecule has 0 rings (SSSR count). The van der Waals surface area contributed by atoms with E-state index >= 15 is 0 Å². The van der Waals surface area contributed by atoms with E-state index in [9.17, 15) is 13.6 Å². The van der Waals surface area contributed by atoms with Gasteiger partial charge in [0.1, 0.15) is 0 Å². The molecule has 0 aromatic heterocycles. The maximum Gasteiger partial charge on any atom is 0.329 e. The maximum atomic E-state index is 11.6. The largest absolute Gasteiger partial charge is 0.461 e. The molecule has 0 aromatic carbocycles. The average molecular weight is 236 g/mol. The van der Waals surface area contributed by atoms with E-state index in [4.69, 9.17) is 0 Å². The fraction of sp³-hybridized carbons (Fsp3) is 0.667. The van der Waals surface area contributed by atoms with Crippen molar-refractivity contribution < 1.29 is 18.3 Å². The summed E-state index contributed by atoms with van der Waals surface area (Å²) in [4.78, 5) is 9.29. The molecular weight excluding hydrogens is 233 g/mol. The fourth-order valence-corrected chi connectivity index (χ4v) is 0.308. The van der Waals surface area contributed by atoms with Gasteiger partial charge in [-0.1, -0.05) is 0 Å². The minimum Gasteiger partial charge on any atom is -0.461 e. The first-order chi connectivity index (χ1) is 3.56.